The number of nitrogens with one attached hydrogen (secondary N) is 1. The smallest absolute Gasteiger partial charge is 0.254 e. The molecule has 3 rings (SSSR count). The third-order valence-electron chi connectivity index (χ3n) is 3.68. The number of hydrogen-bond donors (Lipinski definition) is 1. The molecule has 0 saturated carbocycles. The molecule has 2 aromatic rings. The van der Waals surface area contributed by atoms with Gasteiger partial charge in [-0.15, -0.1) is 0 Å². The Kier molecular flexibility index (Phi) is 3.56. The zero-order valence-corrected chi connectivity index (χ0v) is 12.2. The molecule has 0 unspecified atom stereocenters. The molecule has 0 spiro atoms. The number of nitrogens with zero attached hydrogens (tertiary/aromatic N) is 3. The lowest BCUT2D eigenvalue weighted by Gasteiger charge is -2.39. The SMILES string of the molecule is Cc1ccc(C(=O)N2CC(Nc3ncccn3)C2)c(C)c1. The quantitative estimate of drug-likeness (QED) is 0.936. The summed E-state index contributed by atoms with van der Waals surface area (Å²) < 4.78 is 0. The fourth-order valence-corrected chi connectivity index (χ4v) is 2.52. The van der Waals surface area contributed by atoms with Crippen LogP contribution in [0.1, 0.15) is 21.5 Å². The van der Waals surface area contributed by atoms with Gasteiger partial charge in [0.05, 0.1) is 6.04 Å². The first-order valence-corrected chi connectivity index (χ1v) is 7.03. The van der Waals surface area contributed by atoms with Crippen molar-refractivity contribution in [3.8, 4) is 0 Å². The van der Waals surface area contributed by atoms with E-state index in [9.17, 15) is 4.79 Å². The van der Waals surface area contributed by atoms with Gasteiger partial charge in [0.1, 0.15) is 0 Å². The first-order chi connectivity index (χ1) is 10.1. The average Bonchev–Trinajstić information content (AvgIpc) is 2.43. The zero-order chi connectivity index (χ0) is 14.8. The van der Waals surface area contributed by atoms with E-state index in [0.29, 0.717) is 19.0 Å². The van der Waals surface area contributed by atoms with Crippen molar-refractivity contribution in [3.63, 3.8) is 0 Å². The summed E-state index contributed by atoms with van der Waals surface area (Å²) in [4.78, 5) is 22.5. The van der Waals surface area contributed by atoms with E-state index in [1.807, 2.05) is 36.9 Å². The van der Waals surface area contributed by atoms with Crippen molar-refractivity contribution < 1.29 is 4.79 Å². The highest BCUT2D eigenvalue weighted by Gasteiger charge is 2.32. The van der Waals surface area contributed by atoms with Crippen LogP contribution in [0.2, 0.25) is 0 Å². The molecule has 1 saturated heterocycles. The molecular formula is C16H18N4O. The summed E-state index contributed by atoms with van der Waals surface area (Å²) in [5.41, 5.74) is 2.99. The van der Waals surface area contributed by atoms with Crippen LogP contribution >= 0.6 is 0 Å². The topological polar surface area (TPSA) is 58.1 Å². The molecular weight excluding hydrogens is 264 g/mol. The molecule has 1 N–H and O–H groups in total. The van der Waals surface area contributed by atoms with Crippen molar-refractivity contribution in [1.29, 1.82) is 0 Å². The molecule has 1 aromatic heterocycles. The highest BCUT2D eigenvalue weighted by atomic mass is 16.2. The first-order valence-electron chi connectivity index (χ1n) is 7.03. The molecule has 1 fully saturated rings. The van der Waals surface area contributed by atoms with Gasteiger partial charge in [-0.1, -0.05) is 17.7 Å². The van der Waals surface area contributed by atoms with Crippen LogP contribution in [0.5, 0.6) is 0 Å². The van der Waals surface area contributed by atoms with E-state index < -0.39 is 0 Å². The molecule has 0 atom stereocenters. The van der Waals surface area contributed by atoms with Gasteiger partial charge in [0.15, 0.2) is 0 Å². The Labute approximate surface area is 124 Å². The van der Waals surface area contributed by atoms with Gasteiger partial charge in [0, 0.05) is 31.0 Å². The number of amides is 1. The van der Waals surface area contributed by atoms with Crippen LogP contribution in [0, 0.1) is 13.8 Å². The van der Waals surface area contributed by atoms with Gasteiger partial charge in [0.2, 0.25) is 5.95 Å². The van der Waals surface area contributed by atoms with Gasteiger partial charge >= 0.3 is 0 Å². The summed E-state index contributed by atoms with van der Waals surface area (Å²) in [5.74, 6) is 0.709. The summed E-state index contributed by atoms with van der Waals surface area (Å²) in [6.45, 7) is 5.38. The van der Waals surface area contributed by atoms with Gasteiger partial charge in [-0.3, -0.25) is 4.79 Å². The standard InChI is InChI=1S/C16H18N4O/c1-11-4-5-14(12(2)8-11)15(21)20-9-13(10-20)19-16-17-6-3-7-18-16/h3-8,13H,9-10H2,1-2H3,(H,17,18,19). The summed E-state index contributed by atoms with van der Waals surface area (Å²) in [5, 5.41) is 3.22. The molecule has 2 heterocycles. The van der Waals surface area contributed by atoms with E-state index in [-0.39, 0.29) is 11.9 Å². The molecule has 5 nitrogen and oxygen atoms in total. The van der Waals surface area contributed by atoms with E-state index in [0.717, 1.165) is 11.1 Å². The number of benzene rings is 1. The van der Waals surface area contributed by atoms with Crippen LogP contribution < -0.4 is 5.32 Å². The molecule has 1 aromatic carbocycles. The zero-order valence-electron chi connectivity index (χ0n) is 12.2. The first kappa shape index (κ1) is 13.5. The Bertz CT molecular complexity index is 651. The van der Waals surface area contributed by atoms with Crippen LogP contribution in [0.4, 0.5) is 5.95 Å². The van der Waals surface area contributed by atoms with E-state index >= 15 is 0 Å². The number of hydrogen-bond acceptors (Lipinski definition) is 4. The molecule has 1 aliphatic heterocycles. The maximum Gasteiger partial charge on any atom is 0.254 e. The lowest BCUT2D eigenvalue weighted by Crippen LogP contribution is -2.57. The van der Waals surface area contributed by atoms with Crippen molar-refractivity contribution in [2.24, 2.45) is 0 Å². The van der Waals surface area contributed by atoms with E-state index in [1.165, 1.54) is 5.56 Å². The maximum absolute atomic E-state index is 12.4. The van der Waals surface area contributed by atoms with Crippen LogP contribution in [0.3, 0.4) is 0 Å². The summed E-state index contributed by atoms with van der Waals surface area (Å²) >= 11 is 0. The van der Waals surface area contributed by atoms with Gasteiger partial charge in [-0.2, -0.15) is 0 Å². The largest absolute Gasteiger partial charge is 0.348 e. The molecule has 108 valence electrons. The predicted octanol–water partition coefficient (Wildman–Crippen LogP) is 2.03. The van der Waals surface area contributed by atoms with E-state index in [4.69, 9.17) is 0 Å². The molecule has 1 amide bonds. The minimum atomic E-state index is 0.0968. The molecule has 0 radical (unpaired) electrons. The van der Waals surface area contributed by atoms with E-state index in [1.54, 1.807) is 18.5 Å². The Morgan fingerprint density at radius 1 is 1.24 bits per heavy atom. The van der Waals surface area contributed by atoms with E-state index in [2.05, 4.69) is 15.3 Å². The number of rotatable bonds is 3. The number of carbonyl (C=O) groups excluding carboxylic acids is 1. The summed E-state index contributed by atoms with van der Waals surface area (Å²) in [6.07, 6.45) is 3.40. The van der Waals surface area contributed by atoms with Crippen molar-refractivity contribution in [1.82, 2.24) is 14.9 Å². The molecule has 0 bridgehead atoms. The third-order valence-corrected chi connectivity index (χ3v) is 3.68. The van der Waals surface area contributed by atoms with Gasteiger partial charge < -0.3 is 10.2 Å². The minimum absolute atomic E-state index is 0.0968. The molecule has 21 heavy (non-hydrogen) atoms. The van der Waals surface area contributed by atoms with Gasteiger partial charge in [0.25, 0.3) is 5.91 Å². The number of aromatic nitrogens is 2. The highest BCUT2D eigenvalue weighted by molar-refractivity contribution is 5.96. The van der Waals surface area contributed by atoms with Gasteiger partial charge in [-0.05, 0) is 31.5 Å². The predicted molar refractivity (Wildman–Crippen MR) is 81.3 cm³/mol. The lowest BCUT2D eigenvalue weighted by atomic mass is 10.0. The fraction of sp³-hybridized carbons (Fsp3) is 0.312. The van der Waals surface area contributed by atoms with Crippen LogP contribution in [-0.4, -0.2) is 39.9 Å². The van der Waals surface area contributed by atoms with Crippen molar-refractivity contribution in [3.05, 3.63) is 53.3 Å². The highest BCUT2D eigenvalue weighted by Crippen LogP contribution is 2.19. The monoisotopic (exact) mass is 282 g/mol. The second-order valence-electron chi connectivity index (χ2n) is 5.44. The Hall–Kier alpha value is -2.43. The second kappa shape index (κ2) is 5.52. The van der Waals surface area contributed by atoms with Crippen LogP contribution in [0.25, 0.3) is 0 Å². The van der Waals surface area contributed by atoms with Crippen molar-refractivity contribution >= 4 is 11.9 Å². The third kappa shape index (κ3) is 2.86. The Morgan fingerprint density at radius 3 is 2.62 bits per heavy atom. The van der Waals surface area contributed by atoms with Crippen molar-refractivity contribution in [2.45, 2.75) is 19.9 Å². The summed E-state index contributed by atoms with van der Waals surface area (Å²) in [6, 6.07) is 7.94. The Balaban J connectivity index is 1.59. The number of aryl methyl sites for hydroxylation is 2. The molecule has 5 heteroatoms. The number of likely N-dealkylation sites (tertiary alicyclic amines) is 1. The lowest BCUT2D eigenvalue weighted by molar-refractivity contribution is 0.0624. The fourth-order valence-electron chi connectivity index (χ4n) is 2.52. The molecule has 1 aliphatic rings. The summed E-state index contributed by atoms with van der Waals surface area (Å²) in [7, 11) is 0. The van der Waals surface area contributed by atoms with Gasteiger partial charge in [-0.25, -0.2) is 9.97 Å². The average molecular weight is 282 g/mol. The Morgan fingerprint density at radius 2 is 1.95 bits per heavy atom. The van der Waals surface area contributed by atoms with Crippen LogP contribution in [0.15, 0.2) is 36.7 Å². The van der Waals surface area contributed by atoms with Crippen LogP contribution in [-0.2, 0) is 0 Å². The number of anilines is 1. The number of carbonyl (C=O) groups is 1. The molecule has 0 aliphatic carbocycles. The maximum atomic E-state index is 12.4. The second-order valence-corrected chi connectivity index (χ2v) is 5.44. The van der Waals surface area contributed by atoms with Crippen molar-refractivity contribution in [2.75, 3.05) is 18.4 Å². The normalized spacial score (nSPS) is 14.7. The minimum Gasteiger partial charge on any atom is -0.348 e.